The van der Waals surface area contributed by atoms with Gasteiger partial charge >= 0.3 is 0 Å². The van der Waals surface area contributed by atoms with E-state index in [2.05, 4.69) is 28.1 Å². The predicted molar refractivity (Wildman–Crippen MR) is 77.9 cm³/mol. The van der Waals surface area contributed by atoms with Crippen LogP contribution in [-0.2, 0) is 9.47 Å². The number of methoxy groups -OCH3 is 1. The van der Waals surface area contributed by atoms with E-state index in [1.165, 1.54) is 38.5 Å². The standard InChI is InChI=1S/C15H34NO2/c1-6-7-8-9-10-11-12-18-14-15(17-5)13-16(2,3)4/h15H,6-14H2,1-5H3/q+1. The van der Waals surface area contributed by atoms with E-state index in [0.29, 0.717) is 0 Å². The summed E-state index contributed by atoms with van der Waals surface area (Å²) < 4.78 is 12.1. The summed E-state index contributed by atoms with van der Waals surface area (Å²) in [5.41, 5.74) is 0. The molecular formula is C15H34NO2+. The summed E-state index contributed by atoms with van der Waals surface area (Å²) in [7, 11) is 8.31. The lowest BCUT2D eigenvalue weighted by Crippen LogP contribution is -2.43. The second-order valence-corrected chi connectivity index (χ2v) is 6.17. The zero-order valence-corrected chi connectivity index (χ0v) is 13.2. The molecule has 0 N–H and O–H groups in total. The number of nitrogens with zero attached hydrogens (tertiary/aromatic N) is 1. The zero-order valence-electron chi connectivity index (χ0n) is 13.2. The minimum atomic E-state index is 0.213. The summed E-state index contributed by atoms with van der Waals surface area (Å²) in [6, 6.07) is 0. The molecule has 0 heterocycles. The van der Waals surface area contributed by atoms with Crippen LogP contribution < -0.4 is 0 Å². The largest absolute Gasteiger partial charge is 0.379 e. The molecule has 0 aliphatic rings. The van der Waals surface area contributed by atoms with Gasteiger partial charge in [0.05, 0.1) is 27.7 Å². The third-order valence-electron chi connectivity index (χ3n) is 3.03. The highest BCUT2D eigenvalue weighted by Crippen LogP contribution is 2.05. The molecule has 0 spiro atoms. The molecule has 0 fully saturated rings. The molecule has 0 aromatic heterocycles. The topological polar surface area (TPSA) is 18.5 Å². The van der Waals surface area contributed by atoms with Crippen LogP contribution in [0.1, 0.15) is 45.4 Å². The molecule has 0 bridgehead atoms. The van der Waals surface area contributed by atoms with Crippen LogP contribution in [0.5, 0.6) is 0 Å². The Hall–Kier alpha value is -0.120. The van der Waals surface area contributed by atoms with E-state index in [-0.39, 0.29) is 6.10 Å². The van der Waals surface area contributed by atoms with Gasteiger partial charge in [-0.05, 0) is 6.42 Å². The van der Waals surface area contributed by atoms with Gasteiger partial charge in [0.25, 0.3) is 0 Å². The normalized spacial score (nSPS) is 13.8. The Kier molecular flexibility index (Phi) is 10.7. The van der Waals surface area contributed by atoms with Crippen LogP contribution in [0, 0.1) is 0 Å². The van der Waals surface area contributed by atoms with E-state index in [4.69, 9.17) is 9.47 Å². The average Bonchev–Trinajstić information content (AvgIpc) is 2.29. The molecule has 0 saturated carbocycles. The molecule has 1 unspecified atom stereocenters. The molecule has 3 heteroatoms. The third kappa shape index (κ3) is 12.3. The highest BCUT2D eigenvalue weighted by molar-refractivity contribution is 4.54. The quantitative estimate of drug-likeness (QED) is 0.396. The molecule has 3 nitrogen and oxygen atoms in total. The van der Waals surface area contributed by atoms with Crippen LogP contribution in [0.15, 0.2) is 0 Å². The molecular weight excluding hydrogens is 226 g/mol. The van der Waals surface area contributed by atoms with Crippen LogP contribution in [-0.4, -0.2) is 58.6 Å². The second kappa shape index (κ2) is 10.8. The van der Waals surface area contributed by atoms with Crippen molar-refractivity contribution < 1.29 is 14.0 Å². The Labute approximate surface area is 114 Å². The highest BCUT2D eigenvalue weighted by atomic mass is 16.5. The van der Waals surface area contributed by atoms with Crippen molar-refractivity contribution in [1.29, 1.82) is 0 Å². The van der Waals surface area contributed by atoms with E-state index in [9.17, 15) is 0 Å². The first-order valence-electron chi connectivity index (χ1n) is 7.40. The lowest BCUT2D eigenvalue weighted by Gasteiger charge is -2.28. The molecule has 0 aromatic rings. The van der Waals surface area contributed by atoms with Crippen molar-refractivity contribution in [3.63, 3.8) is 0 Å². The summed E-state index contributed by atoms with van der Waals surface area (Å²) in [6.07, 6.45) is 8.11. The molecule has 18 heavy (non-hydrogen) atoms. The first-order chi connectivity index (χ1) is 8.49. The molecule has 110 valence electrons. The van der Waals surface area contributed by atoms with E-state index in [1.807, 2.05) is 0 Å². The number of rotatable bonds is 12. The lowest BCUT2D eigenvalue weighted by atomic mass is 10.1. The Morgan fingerprint density at radius 3 is 2.11 bits per heavy atom. The number of unbranched alkanes of at least 4 members (excludes halogenated alkanes) is 5. The fraction of sp³-hybridized carbons (Fsp3) is 1.00. The number of likely N-dealkylation sites (N-methyl/N-ethyl adjacent to an activating group) is 1. The summed E-state index contributed by atoms with van der Waals surface area (Å²) in [5.74, 6) is 0. The maximum atomic E-state index is 5.70. The maximum Gasteiger partial charge on any atom is 0.129 e. The Morgan fingerprint density at radius 2 is 1.56 bits per heavy atom. The first-order valence-corrected chi connectivity index (χ1v) is 7.40. The molecule has 0 aliphatic heterocycles. The summed E-state index contributed by atoms with van der Waals surface area (Å²) >= 11 is 0. The monoisotopic (exact) mass is 260 g/mol. The molecule has 1 atom stereocenters. The van der Waals surface area contributed by atoms with Crippen molar-refractivity contribution in [3.05, 3.63) is 0 Å². The molecule has 0 rings (SSSR count). The SMILES string of the molecule is CCCCCCCCOCC(C[N+](C)(C)C)OC. The van der Waals surface area contributed by atoms with Crippen LogP contribution in [0.3, 0.4) is 0 Å². The van der Waals surface area contributed by atoms with Crippen molar-refractivity contribution in [3.8, 4) is 0 Å². The third-order valence-corrected chi connectivity index (χ3v) is 3.03. The Bertz CT molecular complexity index is 178. The maximum absolute atomic E-state index is 5.70. The average molecular weight is 260 g/mol. The zero-order chi connectivity index (χ0) is 13.9. The Balaban J connectivity index is 3.40. The Morgan fingerprint density at radius 1 is 0.944 bits per heavy atom. The van der Waals surface area contributed by atoms with Gasteiger partial charge in [-0.2, -0.15) is 0 Å². The van der Waals surface area contributed by atoms with Crippen LogP contribution in [0.4, 0.5) is 0 Å². The van der Waals surface area contributed by atoms with Crippen LogP contribution in [0.2, 0.25) is 0 Å². The number of hydrogen-bond donors (Lipinski definition) is 0. The smallest absolute Gasteiger partial charge is 0.129 e. The van der Waals surface area contributed by atoms with E-state index >= 15 is 0 Å². The number of ether oxygens (including phenoxy) is 2. The number of hydrogen-bond acceptors (Lipinski definition) is 2. The van der Waals surface area contributed by atoms with Gasteiger partial charge in [-0.3, -0.25) is 0 Å². The minimum absolute atomic E-state index is 0.213. The van der Waals surface area contributed by atoms with Gasteiger partial charge in [-0.1, -0.05) is 39.0 Å². The van der Waals surface area contributed by atoms with E-state index in [0.717, 1.165) is 24.2 Å². The van der Waals surface area contributed by atoms with Crippen molar-refractivity contribution in [2.75, 3.05) is 48.0 Å². The lowest BCUT2D eigenvalue weighted by molar-refractivity contribution is -0.873. The fourth-order valence-corrected chi connectivity index (χ4v) is 2.01. The molecule has 0 aromatic carbocycles. The van der Waals surface area contributed by atoms with E-state index in [1.54, 1.807) is 7.11 Å². The van der Waals surface area contributed by atoms with Crippen molar-refractivity contribution in [2.24, 2.45) is 0 Å². The van der Waals surface area contributed by atoms with E-state index < -0.39 is 0 Å². The minimum Gasteiger partial charge on any atom is -0.379 e. The second-order valence-electron chi connectivity index (χ2n) is 6.17. The molecule has 0 radical (unpaired) electrons. The molecule has 0 aliphatic carbocycles. The van der Waals surface area contributed by atoms with Crippen molar-refractivity contribution >= 4 is 0 Å². The van der Waals surface area contributed by atoms with Crippen molar-refractivity contribution in [1.82, 2.24) is 0 Å². The first kappa shape index (κ1) is 17.9. The predicted octanol–water partition coefficient (Wildman–Crippen LogP) is 3.08. The van der Waals surface area contributed by atoms with Gasteiger partial charge in [-0.25, -0.2) is 0 Å². The van der Waals surface area contributed by atoms with Crippen LogP contribution >= 0.6 is 0 Å². The molecule has 0 amide bonds. The summed E-state index contributed by atoms with van der Waals surface area (Å²) in [5, 5.41) is 0. The van der Waals surface area contributed by atoms with Gasteiger partial charge < -0.3 is 14.0 Å². The summed E-state index contributed by atoms with van der Waals surface area (Å²) in [4.78, 5) is 0. The highest BCUT2D eigenvalue weighted by Gasteiger charge is 2.17. The molecule has 0 saturated heterocycles. The van der Waals surface area contributed by atoms with Gasteiger partial charge in [0.1, 0.15) is 12.6 Å². The van der Waals surface area contributed by atoms with Gasteiger partial charge in [0, 0.05) is 13.7 Å². The number of quaternary nitrogens is 1. The van der Waals surface area contributed by atoms with Gasteiger partial charge in [-0.15, -0.1) is 0 Å². The van der Waals surface area contributed by atoms with Gasteiger partial charge in [0.15, 0.2) is 0 Å². The summed E-state index contributed by atoms with van der Waals surface area (Å²) in [6.45, 7) is 4.85. The van der Waals surface area contributed by atoms with Gasteiger partial charge in [0.2, 0.25) is 0 Å². The van der Waals surface area contributed by atoms with Crippen molar-refractivity contribution in [2.45, 2.75) is 51.6 Å². The fourth-order valence-electron chi connectivity index (χ4n) is 2.01. The van der Waals surface area contributed by atoms with Crippen LogP contribution in [0.25, 0.3) is 0 Å².